The fraction of sp³-hybridized carbons (Fsp3) is 0.700. The summed E-state index contributed by atoms with van der Waals surface area (Å²) in [6.45, 7) is 3.98. The third kappa shape index (κ3) is 2.50. The van der Waals surface area contributed by atoms with Gasteiger partial charge in [0.05, 0.1) is 0 Å². The van der Waals surface area contributed by atoms with Crippen LogP contribution in [0.5, 0.6) is 0 Å². The van der Waals surface area contributed by atoms with Crippen molar-refractivity contribution in [3.8, 4) is 0 Å². The van der Waals surface area contributed by atoms with E-state index in [4.69, 9.17) is 0 Å². The average Bonchev–Trinajstić information content (AvgIpc) is 2.59. The zero-order valence-corrected chi connectivity index (χ0v) is 10.5. The largest absolute Gasteiger partial charge is 0.347 e. The standard InChI is InChI=1S/C10H19N5O/c1-6-7(2)11-9(16)8-12-13-10(14(3)4)15(8)5/h7H,6H2,1-5H3,(H,11,16). The third-order valence-corrected chi connectivity index (χ3v) is 2.44. The summed E-state index contributed by atoms with van der Waals surface area (Å²) in [4.78, 5) is 13.6. The van der Waals surface area contributed by atoms with Crippen LogP contribution in [0.4, 0.5) is 5.95 Å². The maximum atomic E-state index is 11.8. The number of aromatic nitrogens is 3. The summed E-state index contributed by atoms with van der Waals surface area (Å²) in [5.74, 6) is 0.816. The van der Waals surface area contributed by atoms with Crippen LogP contribution >= 0.6 is 0 Å². The van der Waals surface area contributed by atoms with Gasteiger partial charge in [-0.3, -0.25) is 9.36 Å². The first-order chi connectivity index (χ1) is 7.47. The Kier molecular flexibility index (Phi) is 3.87. The van der Waals surface area contributed by atoms with Crippen LogP contribution < -0.4 is 10.2 Å². The molecule has 1 amide bonds. The summed E-state index contributed by atoms with van der Waals surface area (Å²) >= 11 is 0. The van der Waals surface area contributed by atoms with Crippen LogP contribution in [-0.4, -0.2) is 40.8 Å². The smallest absolute Gasteiger partial charge is 0.289 e. The van der Waals surface area contributed by atoms with Crippen LogP contribution in [0.1, 0.15) is 30.9 Å². The molecule has 1 aromatic rings. The minimum Gasteiger partial charge on any atom is -0.347 e. The molecule has 0 aromatic carbocycles. The number of nitrogens with one attached hydrogen (secondary N) is 1. The molecule has 0 aliphatic heterocycles. The van der Waals surface area contributed by atoms with Gasteiger partial charge in [0.25, 0.3) is 5.91 Å². The highest BCUT2D eigenvalue weighted by Crippen LogP contribution is 2.07. The van der Waals surface area contributed by atoms with Crippen molar-refractivity contribution < 1.29 is 4.79 Å². The molecule has 6 heteroatoms. The first-order valence-electron chi connectivity index (χ1n) is 5.35. The number of rotatable bonds is 4. The molecular formula is C10H19N5O. The lowest BCUT2D eigenvalue weighted by atomic mass is 10.2. The van der Waals surface area contributed by atoms with Crippen LogP contribution in [0.25, 0.3) is 0 Å². The number of amides is 1. The van der Waals surface area contributed by atoms with Crippen molar-refractivity contribution in [2.75, 3.05) is 19.0 Å². The fourth-order valence-electron chi connectivity index (χ4n) is 1.30. The van der Waals surface area contributed by atoms with E-state index in [1.165, 1.54) is 0 Å². The highest BCUT2D eigenvalue weighted by molar-refractivity contribution is 5.91. The van der Waals surface area contributed by atoms with Gasteiger partial charge < -0.3 is 10.2 Å². The van der Waals surface area contributed by atoms with E-state index in [0.717, 1.165) is 6.42 Å². The number of hydrogen-bond acceptors (Lipinski definition) is 4. The zero-order chi connectivity index (χ0) is 12.3. The van der Waals surface area contributed by atoms with Crippen molar-refractivity contribution >= 4 is 11.9 Å². The predicted octanol–water partition coefficient (Wildman–Crippen LogP) is 0.409. The summed E-state index contributed by atoms with van der Waals surface area (Å²) < 4.78 is 1.68. The van der Waals surface area contributed by atoms with Gasteiger partial charge in [-0.15, -0.1) is 10.2 Å². The minimum atomic E-state index is -0.183. The lowest BCUT2D eigenvalue weighted by Gasteiger charge is -2.12. The van der Waals surface area contributed by atoms with E-state index in [2.05, 4.69) is 15.5 Å². The highest BCUT2D eigenvalue weighted by Gasteiger charge is 2.17. The molecule has 6 nitrogen and oxygen atoms in total. The van der Waals surface area contributed by atoms with Gasteiger partial charge >= 0.3 is 0 Å². The maximum absolute atomic E-state index is 11.8. The Morgan fingerprint density at radius 3 is 2.56 bits per heavy atom. The molecule has 90 valence electrons. The van der Waals surface area contributed by atoms with Crippen molar-refractivity contribution in [1.82, 2.24) is 20.1 Å². The molecule has 16 heavy (non-hydrogen) atoms. The molecule has 1 atom stereocenters. The van der Waals surface area contributed by atoms with Gasteiger partial charge in [0.1, 0.15) is 0 Å². The zero-order valence-electron chi connectivity index (χ0n) is 10.5. The Morgan fingerprint density at radius 1 is 1.50 bits per heavy atom. The second kappa shape index (κ2) is 4.96. The molecule has 0 aliphatic rings. The molecule has 1 N–H and O–H groups in total. The first kappa shape index (κ1) is 12.5. The first-order valence-corrected chi connectivity index (χ1v) is 5.35. The van der Waals surface area contributed by atoms with Gasteiger partial charge in [0, 0.05) is 27.2 Å². The predicted molar refractivity (Wildman–Crippen MR) is 62.5 cm³/mol. The molecule has 0 aliphatic carbocycles. The molecular weight excluding hydrogens is 206 g/mol. The quantitative estimate of drug-likeness (QED) is 0.806. The second-order valence-corrected chi connectivity index (χ2v) is 4.06. The molecule has 0 saturated carbocycles. The Morgan fingerprint density at radius 2 is 2.12 bits per heavy atom. The second-order valence-electron chi connectivity index (χ2n) is 4.06. The van der Waals surface area contributed by atoms with Gasteiger partial charge in [0.15, 0.2) is 0 Å². The summed E-state index contributed by atoms with van der Waals surface area (Å²) in [6.07, 6.45) is 0.893. The summed E-state index contributed by atoms with van der Waals surface area (Å²) in [7, 11) is 5.50. The van der Waals surface area contributed by atoms with E-state index in [0.29, 0.717) is 11.8 Å². The number of anilines is 1. The highest BCUT2D eigenvalue weighted by atomic mass is 16.2. The summed E-state index contributed by atoms with van der Waals surface area (Å²) in [6, 6.07) is 0.145. The lowest BCUT2D eigenvalue weighted by Crippen LogP contribution is -2.33. The molecule has 0 spiro atoms. The molecule has 0 bridgehead atoms. The average molecular weight is 225 g/mol. The normalized spacial score (nSPS) is 12.3. The molecule has 0 saturated heterocycles. The SMILES string of the molecule is CCC(C)NC(=O)c1nnc(N(C)C)n1C. The number of carbonyl (C=O) groups is 1. The molecule has 1 heterocycles. The molecule has 1 aromatic heterocycles. The van der Waals surface area contributed by atoms with Crippen molar-refractivity contribution in [3.63, 3.8) is 0 Å². The number of nitrogens with zero attached hydrogens (tertiary/aromatic N) is 4. The Hall–Kier alpha value is -1.59. The van der Waals surface area contributed by atoms with Gasteiger partial charge in [-0.2, -0.15) is 0 Å². The van der Waals surface area contributed by atoms with E-state index in [1.807, 2.05) is 32.8 Å². The van der Waals surface area contributed by atoms with Crippen LogP contribution in [0, 0.1) is 0 Å². The van der Waals surface area contributed by atoms with Crippen LogP contribution in [0.2, 0.25) is 0 Å². The van der Waals surface area contributed by atoms with E-state index in [9.17, 15) is 4.79 Å². The van der Waals surface area contributed by atoms with Crippen molar-refractivity contribution in [3.05, 3.63) is 5.82 Å². The Labute approximate surface area is 95.6 Å². The van der Waals surface area contributed by atoms with E-state index in [-0.39, 0.29) is 11.9 Å². The molecule has 0 fully saturated rings. The molecule has 1 rings (SSSR count). The van der Waals surface area contributed by atoms with Crippen molar-refractivity contribution in [1.29, 1.82) is 0 Å². The Bertz CT molecular complexity index is 371. The van der Waals surface area contributed by atoms with Crippen LogP contribution in [0.15, 0.2) is 0 Å². The summed E-state index contributed by atoms with van der Waals surface area (Å²) in [5.41, 5.74) is 0. The number of carbonyl (C=O) groups excluding carboxylic acids is 1. The van der Waals surface area contributed by atoms with Gasteiger partial charge in [-0.1, -0.05) is 6.92 Å². The Balaban J connectivity index is 2.85. The van der Waals surface area contributed by atoms with Gasteiger partial charge in [-0.25, -0.2) is 0 Å². The van der Waals surface area contributed by atoms with Gasteiger partial charge in [0.2, 0.25) is 11.8 Å². The lowest BCUT2D eigenvalue weighted by molar-refractivity contribution is 0.0925. The van der Waals surface area contributed by atoms with Gasteiger partial charge in [-0.05, 0) is 13.3 Å². The van der Waals surface area contributed by atoms with E-state index >= 15 is 0 Å². The van der Waals surface area contributed by atoms with E-state index in [1.54, 1.807) is 11.6 Å². The topological polar surface area (TPSA) is 63.1 Å². The summed E-state index contributed by atoms with van der Waals surface area (Å²) in [5, 5.41) is 10.7. The monoisotopic (exact) mass is 225 g/mol. The van der Waals surface area contributed by atoms with Crippen molar-refractivity contribution in [2.24, 2.45) is 7.05 Å². The van der Waals surface area contributed by atoms with Crippen LogP contribution in [0.3, 0.4) is 0 Å². The van der Waals surface area contributed by atoms with Crippen LogP contribution in [-0.2, 0) is 7.05 Å². The minimum absolute atomic E-state index is 0.145. The fourth-order valence-corrected chi connectivity index (χ4v) is 1.30. The van der Waals surface area contributed by atoms with E-state index < -0.39 is 0 Å². The number of hydrogen-bond donors (Lipinski definition) is 1. The third-order valence-electron chi connectivity index (χ3n) is 2.44. The molecule has 0 radical (unpaired) electrons. The molecule has 1 unspecified atom stereocenters. The maximum Gasteiger partial charge on any atom is 0.289 e. The van der Waals surface area contributed by atoms with Crippen molar-refractivity contribution in [2.45, 2.75) is 26.3 Å².